The molecule has 0 unspecified atom stereocenters. The minimum absolute atomic E-state index is 0.360. The normalized spacial score (nSPS) is 32.8. The van der Waals surface area contributed by atoms with Gasteiger partial charge in [0.25, 0.3) is 5.79 Å². The first kappa shape index (κ1) is 17.3. The van der Waals surface area contributed by atoms with E-state index in [-0.39, 0.29) is 0 Å². The molecule has 1 heterocycles. The topological polar surface area (TPSA) is 40.2 Å². The van der Waals surface area contributed by atoms with Crippen LogP contribution in [0.2, 0.25) is 0 Å². The van der Waals surface area contributed by atoms with Crippen molar-refractivity contribution in [3.63, 3.8) is 0 Å². The maximum atomic E-state index is 6.01. The number of ether oxygens (including phenoxy) is 4. The Labute approximate surface area is 122 Å². The molecule has 1 rings (SSSR count). The molecule has 20 heavy (non-hydrogen) atoms. The Morgan fingerprint density at radius 1 is 1.05 bits per heavy atom. The van der Waals surface area contributed by atoms with E-state index in [2.05, 4.69) is 32.6 Å². The summed E-state index contributed by atoms with van der Waals surface area (Å²) in [7, 11) is 3.18. The van der Waals surface area contributed by atoms with Crippen molar-refractivity contribution in [3.05, 3.63) is 12.0 Å². The molecule has 2 atom stereocenters. The zero-order valence-electron chi connectivity index (χ0n) is 14.0. The zero-order chi connectivity index (χ0) is 15.6. The molecule has 1 fully saturated rings. The Morgan fingerprint density at radius 3 is 1.95 bits per heavy atom. The molecule has 0 aromatic carbocycles. The number of hydrogen-bond donors (Lipinski definition) is 0. The van der Waals surface area contributed by atoms with Crippen molar-refractivity contribution in [1.29, 1.82) is 0 Å². The second kappa shape index (κ2) is 6.33. The van der Waals surface area contributed by atoms with E-state index >= 15 is 0 Å². The van der Waals surface area contributed by atoms with Gasteiger partial charge in [0, 0.05) is 39.4 Å². The van der Waals surface area contributed by atoms with Gasteiger partial charge in [0.2, 0.25) is 5.79 Å². The minimum Gasteiger partial charge on any atom is -0.457 e. The Morgan fingerprint density at radius 2 is 1.55 bits per heavy atom. The molecule has 5 heteroatoms. The smallest absolute Gasteiger partial charge is 0.261 e. The second-order valence-corrected chi connectivity index (χ2v) is 5.92. The third-order valence-electron chi connectivity index (χ3n) is 3.91. The fourth-order valence-corrected chi connectivity index (χ4v) is 2.31. The lowest BCUT2D eigenvalue weighted by atomic mass is 10.1. The second-order valence-electron chi connectivity index (χ2n) is 5.92. The van der Waals surface area contributed by atoms with Gasteiger partial charge in [-0.3, -0.25) is 0 Å². The first-order valence-corrected chi connectivity index (χ1v) is 7.10. The van der Waals surface area contributed by atoms with Crippen LogP contribution in [0, 0.1) is 0 Å². The summed E-state index contributed by atoms with van der Waals surface area (Å²) < 4.78 is 22.7. The van der Waals surface area contributed by atoms with Crippen LogP contribution in [0.3, 0.4) is 0 Å². The van der Waals surface area contributed by atoms with Crippen LogP contribution in [0.15, 0.2) is 12.0 Å². The van der Waals surface area contributed by atoms with E-state index in [0.717, 1.165) is 5.76 Å². The lowest BCUT2D eigenvalue weighted by Crippen LogP contribution is -2.59. The van der Waals surface area contributed by atoms with Crippen LogP contribution in [0.25, 0.3) is 0 Å². The number of methoxy groups -OCH3 is 2. The molecule has 0 bridgehead atoms. The van der Waals surface area contributed by atoms with Gasteiger partial charge >= 0.3 is 0 Å². The lowest BCUT2D eigenvalue weighted by Gasteiger charge is -2.47. The third kappa shape index (κ3) is 3.27. The van der Waals surface area contributed by atoms with Crippen LogP contribution >= 0.6 is 0 Å². The summed E-state index contributed by atoms with van der Waals surface area (Å²) in [5.41, 5.74) is 0. The van der Waals surface area contributed by atoms with Crippen molar-refractivity contribution in [2.45, 2.75) is 65.2 Å². The lowest BCUT2D eigenvalue weighted by molar-refractivity contribution is -0.399. The van der Waals surface area contributed by atoms with Gasteiger partial charge in [-0.25, -0.2) is 0 Å². The highest BCUT2D eigenvalue weighted by molar-refractivity contribution is 5.02. The molecule has 0 N–H and O–H groups in total. The number of rotatable bonds is 5. The molecule has 0 saturated carbocycles. The highest BCUT2D eigenvalue weighted by atomic mass is 16.8. The predicted octanol–water partition coefficient (Wildman–Crippen LogP) is 2.72. The fourth-order valence-electron chi connectivity index (χ4n) is 2.31. The van der Waals surface area contributed by atoms with Crippen molar-refractivity contribution in [3.8, 4) is 0 Å². The first-order chi connectivity index (χ1) is 9.19. The van der Waals surface area contributed by atoms with E-state index in [1.807, 2.05) is 20.0 Å². The molecular formula is C15H29NO4. The summed E-state index contributed by atoms with van der Waals surface area (Å²) in [4.78, 5) is 2.23. The minimum atomic E-state index is -0.981. The largest absolute Gasteiger partial charge is 0.457 e. The molecule has 0 aromatic heterocycles. The quantitative estimate of drug-likeness (QED) is 0.777. The van der Waals surface area contributed by atoms with Gasteiger partial charge in [-0.15, -0.1) is 0 Å². The van der Waals surface area contributed by atoms with Crippen molar-refractivity contribution in [1.82, 2.24) is 4.90 Å². The maximum absolute atomic E-state index is 6.01. The first-order valence-electron chi connectivity index (χ1n) is 7.10. The zero-order valence-corrected chi connectivity index (χ0v) is 14.0. The summed E-state index contributed by atoms with van der Waals surface area (Å²) in [5.74, 6) is -1.17. The SMILES string of the molecule is CO[C@]1(C)OC/C(=C/N(C(C)C)C(C)C)O[C@@]1(C)OC. The van der Waals surface area contributed by atoms with E-state index in [1.165, 1.54) is 0 Å². The summed E-state index contributed by atoms with van der Waals surface area (Å²) in [6.45, 7) is 12.6. The van der Waals surface area contributed by atoms with Crippen LogP contribution in [0.4, 0.5) is 0 Å². The van der Waals surface area contributed by atoms with E-state index in [0.29, 0.717) is 18.7 Å². The van der Waals surface area contributed by atoms with Gasteiger partial charge in [-0.05, 0) is 34.6 Å². The predicted molar refractivity (Wildman–Crippen MR) is 78.1 cm³/mol. The molecule has 1 saturated heterocycles. The van der Waals surface area contributed by atoms with Crippen molar-refractivity contribution in [2.24, 2.45) is 0 Å². The highest BCUT2D eigenvalue weighted by Crippen LogP contribution is 2.37. The number of nitrogens with zero attached hydrogens (tertiary/aromatic N) is 1. The summed E-state index contributed by atoms with van der Waals surface area (Å²) >= 11 is 0. The number of hydrogen-bond acceptors (Lipinski definition) is 5. The Kier molecular flexibility index (Phi) is 5.46. The van der Waals surface area contributed by atoms with E-state index in [4.69, 9.17) is 18.9 Å². The van der Waals surface area contributed by atoms with Crippen molar-refractivity contribution in [2.75, 3.05) is 20.8 Å². The van der Waals surface area contributed by atoms with Gasteiger partial charge < -0.3 is 23.8 Å². The van der Waals surface area contributed by atoms with Crippen LogP contribution in [-0.4, -0.2) is 49.4 Å². The molecule has 5 nitrogen and oxygen atoms in total. The molecule has 118 valence electrons. The average Bonchev–Trinajstić information content (AvgIpc) is 2.39. The van der Waals surface area contributed by atoms with Crippen LogP contribution in [0.5, 0.6) is 0 Å². The van der Waals surface area contributed by atoms with Crippen molar-refractivity contribution >= 4 is 0 Å². The molecule has 0 radical (unpaired) electrons. The van der Waals surface area contributed by atoms with Gasteiger partial charge in [0.05, 0.1) is 0 Å². The maximum Gasteiger partial charge on any atom is 0.261 e. The molecule has 1 aliphatic heterocycles. The van der Waals surface area contributed by atoms with Gasteiger partial charge in [-0.2, -0.15) is 0 Å². The molecule has 0 aromatic rings. The van der Waals surface area contributed by atoms with Gasteiger partial charge in [-0.1, -0.05) is 0 Å². The molecule has 1 aliphatic rings. The average molecular weight is 287 g/mol. The Hall–Kier alpha value is -0.780. The van der Waals surface area contributed by atoms with Gasteiger partial charge in [0.15, 0.2) is 0 Å². The molecular weight excluding hydrogens is 258 g/mol. The summed E-state index contributed by atoms with van der Waals surface area (Å²) in [6, 6.07) is 0.770. The fraction of sp³-hybridized carbons (Fsp3) is 0.867. The summed E-state index contributed by atoms with van der Waals surface area (Å²) in [6.07, 6.45) is 2.00. The molecule has 0 aliphatic carbocycles. The van der Waals surface area contributed by atoms with Crippen LogP contribution < -0.4 is 0 Å². The Balaban J connectivity index is 2.97. The van der Waals surface area contributed by atoms with E-state index in [9.17, 15) is 0 Å². The monoisotopic (exact) mass is 287 g/mol. The standard InChI is InChI=1S/C15H29NO4/c1-11(2)16(12(3)4)9-13-10-19-14(5,17-7)15(6,18-8)20-13/h9,11-12H,10H2,1-8H3/b13-9-/t14-,15-/m1/s1. The molecule has 0 spiro atoms. The highest BCUT2D eigenvalue weighted by Gasteiger charge is 2.53. The Bertz CT molecular complexity index is 348. The van der Waals surface area contributed by atoms with Crippen LogP contribution in [0.1, 0.15) is 41.5 Å². The van der Waals surface area contributed by atoms with Crippen LogP contribution in [-0.2, 0) is 18.9 Å². The van der Waals surface area contributed by atoms with E-state index < -0.39 is 11.6 Å². The van der Waals surface area contributed by atoms with Crippen molar-refractivity contribution < 1.29 is 18.9 Å². The summed E-state index contributed by atoms with van der Waals surface area (Å²) in [5, 5.41) is 0. The third-order valence-corrected chi connectivity index (χ3v) is 3.91. The molecule has 0 amide bonds. The van der Waals surface area contributed by atoms with Gasteiger partial charge in [0.1, 0.15) is 12.4 Å². The van der Waals surface area contributed by atoms with E-state index in [1.54, 1.807) is 14.2 Å².